The molecular weight excluding hydrogens is 692 g/mol. The van der Waals surface area contributed by atoms with Gasteiger partial charge in [-0.1, -0.05) is 179 Å². The fourth-order valence-corrected chi connectivity index (χ4v) is 1.50. The molecule has 0 heterocycles. The molecule has 1 N–H and O–H groups in total. The van der Waals surface area contributed by atoms with Crippen molar-refractivity contribution in [1.82, 2.24) is 5.32 Å². The molecule has 2 nitrogen and oxygen atoms in total. The number of nitrogens with one attached hydrogen (secondary N) is 1. The van der Waals surface area contributed by atoms with E-state index in [1.165, 1.54) is 83.5 Å². The highest BCUT2D eigenvalue weighted by Gasteiger charge is 1.69. The minimum atomic E-state index is 0.458. The first-order valence-corrected chi connectivity index (χ1v) is 22.0. The summed E-state index contributed by atoms with van der Waals surface area (Å²) in [6.07, 6.45) is 21.9. The number of hydrogen-bond donors (Lipinski definition) is 1. The van der Waals surface area contributed by atoms with E-state index in [4.69, 9.17) is 0 Å². The molecule has 0 aromatic rings. The topological polar surface area (TPSA) is 29.1 Å². The maximum Gasteiger partial charge on any atom is 0.133 e. The number of halogens is 2. The van der Waals surface area contributed by atoms with E-state index in [9.17, 15) is 4.79 Å². The predicted octanol–water partition coefficient (Wildman–Crippen LogP) is 14.8. The molecule has 0 aliphatic rings. The summed E-state index contributed by atoms with van der Waals surface area (Å²) < 4.78 is 0. The van der Waals surface area contributed by atoms with Crippen molar-refractivity contribution in [2.24, 2.45) is 0 Å². The summed E-state index contributed by atoms with van der Waals surface area (Å²) in [4.78, 5) is 9.34. The molecule has 0 aromatic heterocycles. The van der Waals surface area contributed by atoms with E-state index in [1.807, 2.05) is 27.7 Å². The van der Waals surface area contributed by atoms with Gasteiger partial charge < -0.3 is 10.1 Å². The van der Waals surface area contributed by atoms with E-state index in [1.54, 1.807) is 19.2 Å². The van der Waals surface area contributed by atoms with Crippen LogP contribution in [0.15, 0.2) is 25.3 Å². The van der Waals surface area contributed by atoms with Gasteiger partial charge in [0.05, 0.1) is 6.54 Å². The standard InChI is InChI=1S/4C5H12.C3H7NO.C3H8.2C3H6.C2H6.I2/c4*1-3-5-4-2;1-4-2-3-5;3*1-3-2;2*1-2/h4*3-5H2,1-2H3;3-4H,2H2,1H3;3H2,1-2H3;2*3H,1H2,2H3;1-2H3;. The van der Waals surface area contributed by atoms with E-state index in [0.717, 1.165) is 6.29 Å². The molecule has 0 aliphatic carbocycles. The van der Waals surface area contributed by atoms with Crippen LogP contribution >= 0.6 is 37.2 Å². The van der Waals surface area contributed by atoms with E-state index in [-0.39, 0.29) is 0 Å². The Morgan fingerprint density at radius 3 is 0.684 bits per heavy atom. The van der Waals surface area contributed by atoms with Crippen molar-refractivity contribution >= 4 is 43.5 Å². The summed E-state index contributed by atoms with van der Waals surface area (Å²) in [5, 5.41) is 2.65. The fraction of sp³-hybridized carbons (Fsp3) is 0.853. The van der Waals surface area contributed by atoms with Crippen molar-refractivity contribution in [3.05, 3.63) is 25.3 Å². The van der Waals surface area contributed by atoms with Gasteiger partial charge in [-0.2, -0.15) is 0 Å². The summed E-state index contributed by atoms with van der Waals surface area (Å²) in [6.45, 7) is 36.9. The quantitative estimate of drug-likeness (QED) is 0.136. The average Bonchev–Trinajstić information content (AvgIpc) is 2.92. The SMILES string of the molecule is C=CC.C=CC.CC.CCC.CCCCC.CCCCC.CCCCC.CCCCC.CNCC=O.II. The molecule has 0 bridgehead atoms. The van der Waals surface area contributed by atoms with E-state index in [2.05, 4.69) is 125 Å². The second kappa shape index (κ2) is 146. The van der Waals surface area contributed by atoms with Gasteiger partial charge in [0, 0.05) is 37.2 Å². The average molecular weight is 774 g/mol. The Balaban J connectivity index is -0.0000000292. The molecule has 0 amide bonds. The lowest BCUT2D eigenvalue weighted by Gasteiger charge is -1.79. The lowest BCUT2D eigenvalue weighted by Crippen LogP contribution is -2.07. The molecule has 0 unspecified atom stereocenters. The van der Waals surface area contributed by atoms with Crippen LogP contribution in [0.1, 0.15) is 180 Å². The Bertz CT molecular complexity index is 201. The zero-order valence-electron chi connectivity index (χ0n) is 29.7. The third kappa shape index (κ3) is 414. The summed E-state index contributed by atoms with van der Waals surface area (Å²) in [6, 6.07) is 0. The minimum absolute atomic E-state index is 0.458. The highest BCUT2D eigenvalue weighted by molar-refractivity contribution is 15.0. The molecular formula is C34H81I2NO. The van der Waals surface area contributed by atoms with Gasteiger partial charge in [-0.25, -0.2) is 0 Å². The van der Waals surface area contributed by atoms with E-state index >= 15 is 0 Å². The van der Waals surface area contributed by atoms with Crippen LogP contribution in [0.2, 0.25) is 0 Å². The Hall–Kier alpha value is 0.570. The zero-order valence-corrected chi connectivity index (χ0v) is 34.0. The largest absolute Gasteiger partial charge is 0.313 e. The monoisotopic (exact) mass is 773 g/mol. The molecule has 242 valence electrons. The third-order valence-corrected chi connectivity index (χ3v) is 3.12. The van der Waals surface area contributed by atoms with Crippen LogP contribution in [0.25, 0.3) is 0 Å². The minimum Gasteiger partial charge on any atom is -0.313 e. The summed E-state index contributed by atoms with van der Waals surface area (Å²) in [7, 11) is 1.73. The van der Waals surface area contributed by atoms with Crippen molar-refractivity contribution in [3.8, 4) is 0 Å². The van der Waals surface area contributed by atoms with Crippen molar-refractivity contribution in [2.75, 3.05) is 13.6 Å². The van der Waals surface area contributed by atoms with Crippen LogP contribution in [0.5, 0.6) is 0 Å². The molecule has 4 heteroatoms. The second-order valence-electron chi connectivity index (χ2n) is 7.66. The molecule has 0 spiro atoms. The van der Waals surface area contributed by atoms with Gasteiger partial charge in [-0.15, -0.1) is 13.2 Å². The van der Waals surface area contributed by atoms with Crippen molar-refractivity contribution < 1.29 is 4.79 Å². The summed E-state index contributed by atoms with van der Waals surface area (Å²) in [5.41, 5.74) is 0. The van der Waals surface area contributed by atoms with Crippen LogP contribution in [0.3, 0.4) is 0 Å². The number of carbonyl (C=O) groups is 1. The first-order chi connectivity index (χ1) is 18.3. The molecule has 0 aromatic carbocycles. The summed E-state index contributed by atoms with van der Waals surface area (Å²) >= 11 is 4.24. The fourth-order valence-electron chi connectivity index (χ4n) is 1.50. The molecule has 38 heavy (non-hydrogen) atoms. The summed E-state index contributed by atoms with van der Waals surface area (Å²) in [5.74, 6) is 0. The number of unbranched alkanes of at least 4 members (excludes halogenated alkanes) is 8. The second-order valence-corrected chi connectivity index (χ2v) is 7.66. The van der Waals surface area contributed by atoms with Crippen molar-refractivity contribution in [3.63, 3.8) is 0 Å². The third-order valence-electron chi connectivity index (χ3n) is 3.12. The Morgan fingerprint density at radius 2 is 0.684 bits per heavy atom. The number of rotatable bonds is 10. The van der Waals surface area contributed by atoms with Gasteiger partial charge in [0.2, 0.25) is 0 Å². The maximum absolute atomic E-state index is 9.34. The van der Waals surface area contributed by atoms with Crippen molar-refractivity contribution in [2.45, 2.75) is 180 Å². The number of likely N-dealkylation sites (N-methyl/N-ethyl adjacent to an activating group) is 1. The number of hydrogen-bond acceptors (Lipinski definition) is 2. The van der Waals surface area contributed by atoms with Gasteiger partial charge in [0.25, 0.3) is 0 Å². The van der Waals surface area contributed by atoms with Crippen LogP contribution in [0, 0.1) is 0 Å². The van der Waals surface area contributed by atoms with E-state index in [0.29, 0.717) is 6.54 Å². The van der Waals surface area contributed by atoms with Crippen LogP contribution in [-0.4, -0.2) is 19.9 Å². The molecule has 0 rings (SSSR count). The first-order valence-electron chi connectivity index (χ1n) is 15.7. The number of carbonyl (C=O) groups excluding carboxylic acids is 1. The van der Waals surface area contributed by atoms with Crippen LogP contribution in [-0.2, 0) is 4.79 Å². The van der Waals surface area contributed by atoms with E-state index < -0.39 is 0 Å². The normalized spacial score (nSPS) is 6.87. The van der Waals surface area contributed by atoms with Gasteiger partial charge in [0.1, 0.15) is 6.29 Å². The Morgan fingerprint density at radius 1 is 0.553 bits per heavy atom. The van der Waals surface area contributed by atoms with Crippen LogP contribution in [0.4, 0.5) is 0 Å². The molecule has 0 saturated heterocycles. The number of allylic oxidation sites excluding steroid dienone is 2. The molecule has 0 fully saturated rings. The maximum atomic E-state index is 9.34. The highest BCUT2D eigenvalue weighted by Crippen LogP contribution is 1.90. The molecule has 0 saturated carbocycles. The van der Waals surface area contributed by atoms with Gasteiger partial charge in [0.15, 0.2) is 0 Å². The van der Waals surface area contributed by atoms with Crippen LogP contribution < -0.4 is 5.32 Å². The zero-order chi connectivity index (χ0) is 32.7. The lowest BCUT2D eigenvalue weighted by atomic mass is 10.3. The van der Waals surface area contributed by atoms with Gasteiger partial charge in [-0.3, -0.25) is 0 Å². The Labute approximate surface area is 271 Å². The Kier molecular flexibility index (Phi) is 256. The predicted molar refractivity (Wildman–Crippen MR) is 208 cm³/mol. The lowest BCUT2D eigenvalue weighted by molar-refractivity contribution is -0.107. The first kappa shape index (κ1) is 66.7. The van der Waals surface area contributed by atoms with Crippen molar-refractivity contribution in [1.29, 1.82) is 0 Å². The molecule has 0 radical (unpaired) electrons. The molecule has 0 aliphatic heterocycles. The smallest absolute Gasteiger partial charge is 0.133 e. The molecule has 0 atom stereocenters. The highest BCUT2D eigenvalue weighted by atomic mass is 128. The van der Waals surface area contributed by atoms with Gasteiger partial charge >= 0.3 is 0 Å². The number of aldehydes is 1. The van der Waals surface area contributed by atoms with Gasteiger partial charge in [-0.05, 0) is 20.9 Å².